The molecule has 27 heavy (non-hydrogen) atoms. The van der Waals surface area contributed by atoms with E-state index in [4.69, 9.17) is 4.74 Å². The smallest absolute Gasteiger partial charge is 0.198 e. The lowest BCUT2D eigenvalue weighted by Crippen LogP contribution is -3.11. The number of benzene rings is 2. The number of H-pyrrole nitrogens is 1. The van der Waals surface area contributed by atoms with Crippen LogP contribution in [-0.2, 0) is 13.2 Å². The topological polar surface area (TPSA) is 46.5 Å². The van der Waals surface area contributed by atoms with Crippen molar-refractivity contribution < 1.29 is 9.64 Å². The molecule has 4 nitrogen and oxygen atoms in total. The van der Waals surface area contributed by atoms with Gasteiger partial charge in [0, 0.05) is 16.6 Å². The molecule has 1 aliphatic heterocycles. The molecule has 2 aromatic carbocycles. The number of hydrogen-bond acceptors (Lipinski definition) is 2. The van der Waals surface area contributed by atoms with Gasteiger partial charge in [-0.1, -0.05) is 30.3 Å². The van der Waals surface area contributed by atoms with Crippen LogP contribution in [0.1, 0.15) is 36.1 Å². The van der Waals surface area contributed by atoms with Crippen LogP contribution in [0.3, 0.4) is 0 Å². The van der Waals surface area contributed by atoms with Crippen LogP contribution in [0.5, 0.6) is 5.75 Å². The Bertz CT molecular complexity index is 973. The molecule has 4 heteroatoms. The van der Waals surface area contributed by atoms with E-state index in [0.717, 1.165) is 53.1 Å². The first kappa shape index (κ1) is 17.8. The molecule has 1 saturated heterocycles. The van der Waals surface area contributed by atoms with Crippen molar-refractivity contribution >= 4 is 10.9 Å². The standard InChI is InChI=1S/C23H26N2O2/c1-17-21(15-25-12-6-3-7-13-25)23(26)20-14-19(10-11-22(20)24-17)27-16-18-8-4-2-5-9-18/h2,4-5,8-11,14H,3,6-7,12-13,15-16H2,1H3,(H,24,26)/p+1. The highest BCUT2D eigenvalue weighted by Crippen LogP contribution is 2.19. The Balaban J connectivity index is 1.60. The summed E-state index contributed by atoms with van der Waals surface area (Å²) in [4.78, 5) is 18.1. The van der Waals surface area contributed by atoms with E-state index in [0.29, 0.717) is 6.61 Å². The number of rotatable bonds is 5. The van der Waals surface area contributed by atoms with E-state index in [-0.39, 0.29) is 5.43 Å². The number of quaternary nitrogens is 1. The molecular formula is C23H27N2O2+. The van der Waals surface area contributed by atoms with Gasteiger partial charge in [0.1, 0.15) is 18.9 Å². The van der Waals surface area contributed by atoms with Crippen LogP contribution in [0, 0.1) is 6.92 Å². The third-order valence-corrected chi connectivity index (χ3v) is 5.52. The first-order valence-electron chi connectivity index (χ1n) is 9.86. The van der Waals surface area contributed by atoms with E-state index in [1.165, 1.54) is 24.2 Å². The molecule has 0 saturated carbocycles. The predicted molar refractivity (Wildman–Crippen MR) is 108 cm³/mol. The molecule has 140 valence electrons. The van der Waals surface area contributed by atoms with Gasteiger partial charge in [0.25, 0.3) is 0 Å². The minimum atomic E-state index is 0.143. The van der Waals surface area contributed by atoms with Crippen LogP contribution < -0.4 is 15.1 Å². The number of ether oxygens (including phenoxy) is 1. The maximum absolute atomic E-state index is 13.2. The number of nitrogens with one attached hydrogen (secondary N) is 2. The van der Waals surface area contributed by atoms with Gasteiger partial charge in [0.2, 0.25) is 0 Å². The van der Waals surface area contributed by atoms with Crippen LogP contribution in [-0.4, -0.2) is 18.1 Å². The minimum absolute atomic E-state index is 0.143. The van der Waals surface area contributed by atoms with Gasteiger partial charge in [-0.25, -0.2) is 0 Å². The summed E-state index contributed by atoms with van der Waals surface area (Å²) in [6, 6.07) is 15.8. The Labute approximate surface area is 159 Å². The van der Waals surface area contributed by atoms with Crippen molar-refractivity contribution in [2.24, 2.45) is 0 Å². The summed E-state index contributed by atoms with van der Waals surface area (Å²) >= 11 is 0. The van der Waals surface area contributed by atoms with E-state index in [9.17, 15) is 4.79 Å². The molecule has 0 bridgehead atoms. The number of fused-ring (bicyclic) bond motifs is 1. The van der Waals surface area contributed by atoms with E-state index >= 15 is 0 Å². The average molecular weight is 363 g/mol. The average Bonchev–Trinajstić information content (AvgIpc) is 2.71. The number of likely N-dealkylation sites (tertiary alicyclic amines) is 1. The van der Waals surface area contributed by atoms with E-state index in [1.807, 2.05) is 55.5 Å². The molecule has 2 N–H and O–H groups in total. The first-order chi connectivity index (χ1) is 13.2. The molecule has 0 radical (unpaired) electrons. The van der Waals surface area contributed by atoms with Crippen LogP contribution in [0.4, 0.5) is 0 Å². The molecule has 1 aliphatic rings. The molecule has 1 fully saturated rings. The summed E-state index contributed by atoms with van der Waals surface area (Å²) in [6.45, 7) is 5.65. The van der Waals surface area contributed by atoms with Gasteiger partial charge in [-0.05, 0) is 49.9 Å². The number of aryl methyl sites for hydroxylation is 1. The summed E-state index contributed by atoms with van der Waals surface area (Å²) in [7, 11) is 0. The molecule has 0 unspecified atom stereocenters. The van der Waals surface area contributed by atoms with Crippen LogP contribution in [0.25, 0.3) is 10.9 Å². The number of pyridine rings is 1. The SMILES string of the molecule is Cc1[nH]c2ccc(OCc3ccccc3)cc2c(=O)c1C[NH+]1CCCCC1. The normalized spacial score (nSPS) is 15.1. The summed E-state index contributed by atoms with van der Waals surface area (Å²) in [5, 5.41) is 0.720. The van der Waals surface area contributed by atoms with E-state index < -0.39 is 0 Å². The number of piperidine rings is 1. The van der Waals surface area contributed by atoms with Gasteiger partial charge in [0.15, 0.2) is 5.43 Å². The summed E-state index contributed by atoms with van der Waals surface area (Å²) in [5.41, 5.74) is 4.04. The highest BCUT2D eigenvalue weighted by Gasteiger charge is 2.18. The number of hydrogen-bond donors (Lipinski definition) is 2. The van der Waals surface area contributed by atoms with Gasteiger partial charge in [-0.2, -0.15) is 0 Å². The fraction of sp³-hybridized carbons (Fsp3) is 0.348. The predicted octanol–water partition coefficient (Wildman–Crippen LogP) is 2.98. The van der Waals surface area contributed by atoms with Crippen LogP contribution in [0.15, 0.2) is 53.3 Å². The first-order valence-corrected chi connectivity index (χ1v) is 9.86. The molecule has 2 heterocycles. The summed E-state index contributed by atoms with van der Waals surface area (Å²) in [6.07, 6.45) is 3.84. The fourth-order valence-corrected chi connectivity index (χ4v) is 3.95. The Morgan fingerprint density at radius 3 is 2.59 bits per heavy atom. The Hall–Kier alpha value is -2.59. The zero-order valence-electron chi connectivity index (χ0n) is 15.9. The number of aromatic nitrogens is 1. The minimum Gasteiger partial charge on any atom is -0.489 e. The second-order valence-corrected chi connectivity index (χ2v) is 7.53. The van der Waals surface area contributed by atoms with Gasteiger partial charge in [-0.15, -0.1) is 0 Å². The van der Waals surface area contributed by atoms with Gasteiger partial charge >= 0.3 is 0 Å². The molecule has 1 aromatic heterocycles. The Morgan fingerprint density at radius 2 is 1.81 bits per heavy atom. The van der Waals surface area contributed by atoms with Gasteiger partial charge in [-0.3, -0.25) is 4.79 Å². The van der Waals surface area contributed by atoms with Crippen molar-refractivity contribution in [2.75, 3.05) is 13.1 Å². The second kappa shape index (κ2) is 7.97. The molecular weight excluding hydrogens is 336 g/mol. The van der Waals surface area contributed by atoms with E-state index in [2.05, 4.69) is 4.98 Å². The molecule has 0 spiro atoms. The van der Waals surface area contributed by atoms with Crippen molar-refractivity contribution in [1.82, 2.24) is 4.98 Å². The zero-order valence-corrected chi connectivity index (χ0v) is 15.9. The van der Waals surface area contributed by atoms with Crippen molar-refractivity contribution in [2.45, 2.75) is 39.3 Å². The molecule has 0 aliphatic carbocycles. The Kier molecular flexibility index (Phi) is 5.26. The lowest BCUT2D eigenvalue weighted by Gasteiger charge is -2.24. The van der Waals surface area contributed by atoms with Crippen molar-refractivity contribution in [1.29, 1.82) is 0 Å². The summed E-state index contributed by atoms with van der Waals surface area (Å²) in [5.74, 6) is 0.733. The van der Waals surface area contributed by atoms with Gasteiger partial charge < -0.3 is 14.6 Å². The monoisotopic (exact) mass is 363 g/mol. The largest absolute Gasteiger partial charge is 0.489 e. The van der Waals surface area contributed by atoms with Crippen molar-refractivity contribution in [3.8, 4) is 5.75 Å². The second-order valence-electron chi connectivity index (χ2n) is 7.53. The Morgan fingerprint density at radius 1 is 1.04 bits per heavy atom. The van der Waals surface area contributed by atoms with Crippen LogP contribution in [0.2, 0.25) is 0 Å². The molecule has 0 amide bonds. The van der Waals surface area contributed by atoms with Crippen molar-refractivity contribution in [3.63, 3.8) is 0 Å². The molecule has 0 atom stereocenters. The maximum Gasteiger partial charge on any atom is 0.198 e. The lowest BCUT2D eigenvalue weighted by molar-refractivity contribution is -0.918. The highest BCUT2D eigenvalue weighted by atomic mass is 16.5. The lowest BCUT2D eigenvalue weighted by atomic mass is 10.1. The maximum atomic E-state index is 13.2. The van der Waals surface area contributed by atoms with Crippen molar-refractivity contribution in [3.05, 3.63) is 75.6 Å². The third kappa shape index (κ3) is 4.06. The highest BCUT2D eigenvalue weighted by molar-refractivity contribution is 5.81. The molecule has 4 rings (SSSR count). The fourth-order valence-electron chi connectivity index (χ4n) is 3.95. The zero-order chi connectivity index (χ0) is 18.6. The third-order valence-electron chi connectivity index (χ3n) is 5.52. The number of aromatic amines is 1. The summed E-state index contributed by atoms with van der Waals surface area (Å²) < 4.78 is 5.92. The van der Waals surface area contributed by atoms with Gasteiger partial charge in [0.05, 0.1) is 18.7 Å². The van der Waals surface area contributed by atoms with Crippen LogP contribution >= 0.6 is 0 Å². The van der Waals surface area contributed by atoms with E-state index in [1.54, 1.807) is 0 Å². The quantitative estimate of drug-likeness (QED) is 0.732. The molecule has 3 aromatic rings.